The number of rotatable bonds is 2. The molecule has 2 heteroatoms. The van der Waals surface area contributed by atoms with Gasteiger partial charge in [0.2, 0.25) is 0 Å². The Hall–Kier alpha value is -2.48. The molecule has 0 bridgehead atoms. The molecule has 0 saturated heterocycles. The van der Waals surface area contributed by atoms with E-state index >= 15 is 0 Å². The van der Waals surface area contributed by atoms with Gasteiger partial charge in [0, 0.05) is 11.8 Å². The fourth-order valence-corrected chi connectivity index (χ4v) is 2.60. The molecule has 3 aromatic rings. The van der Waals surface area contributed by atoms with Crippen molar-refractivity contribution in [1.29, 1.82) is 0 Å². The van der Waals surface area contributed by atoms with Gasteiger partial charge in [-0.3, -0.25) is 9.97 Å². The molecule has 0 N–H and O–H groups in total. The summed E-state index contributed by atoms with van der Waals surface area (Å²) in [6.45, 7) is 10.1. The molecule has 23 heavy (non-hydrogen) atoms. The molecule has 1 heterocycles. The Kier molecular flexibility index (Phi) is 5.64. The Morgan fingerprint density at radius 3 is 2.09 bits per heavy atom. The molecule has 118 valence electrons. The van der Waals surface area contributed by atoms with Gasteiger partial charge in [-0.15, -0.1) is 0 Å². The second kappa shape index (κ2) is 7.68. The van der Waals surface area contributed by atoms with E-state index in [-0.39, 0.29) is 0 Å². The van der Waals surface area contributed by atoms with E-state index in [1.807, 2.05) is 40.0 Å². The molecule has 3 rings (SSSR count). The highest BCUT2D eigenvalue weighted by Gasteiger charge is 2.09. The summed E-state index contributed by atoms with van der Waals surface area (Å²) < 4.78 is 0. The monoisotopic (exact) mass is 304 g/mol. The van der Waals surface area contributed by atoms with E-state index in [9.17, 15) is 0 Å². The van der Waals surface area contributed by atoms with Gasteiger partial charge in [0.25, 0.3) is 0 Å². The van der Waals surface area contributed by atoms with Gasteiger partial charge in [-0.05, 0) is 37.5 Å². The van der Waals surface area contributed by atoms with Gasteiger partial charge < -0.3 is 0 Å². The average molecular weight is 304 g/mol. The van der Waals surface area contributed by atoms with Crippen molar-refractivity contribution < 1.29 is 0 Å². The predicted molar refractivity (Wildman–Crippen MR) is 98.5 cm³/mol. The van der Waals surface area contributed by atoms with Crippen LogP contribution in [0.2, 0.25) is 0 Å². The SMILES string of the molecule is CC.Cc1cnc(-c2ccc(-c3ccccc3)cc2C)c(C)n1. The van der Waals surface area contributed by atoms with Crippen molar-refractivity contribution in [1.82, 2.24) is 9.97 Å². The van der Waals surface area contributed by atoms with Gasteiger partial charge in [-0.1, -0.05) is 62.4 Å². The van der Waals surface area contributed by atoms with Crippen molar-refractivity contribution in [3.8, 4) is 22.4 Å². The van der Waals surface area contributed by atoms with Crippen molar-refractivity contribution in [2.45, 2.75) is 34.6 Å². The standard InChI is InChI=1S/C19H18N2.C2H6/c1-13-11-17(16-7-5-4-6-8-16)9-10-18(13)19-15(3)21-14(2)12-20-19;1-2/h4-12H,1-3H3;1-2H3. The number of aromatic nitrogens is 2. The van der Waals surface area contributed by atoms with Crippen LogP contribution in [0.3, 0.4) is 0 Å². The molecule has 0 aliphatic carbocycles. The Morgan fingerprint density at radius 2 is 1.48 bits per heavy atom. The lowest BCUT2D eigenvalue weighted by Crippen LogP contribution is -1.96. The second-order valence-electron chi connectivity index (χ2n) is 5.34. The molecule has 0 unspecified atom stereocenters. The molecule has 0 aliphatic heterocycles. The zero-order valence-electron chi connectivity index (χ0n) is 14.6. The third-order valence-electron chi connectivity index (χ3n) is 3.66. The van der Waals surface area contributed by atoms with Crippen LogP contribution in [0.25, 0.3) is 22.4 Å². The summed E-state index contributed by atoms with van der Waals surface area (Å²) in [5.74, 6) is 0. The Morgan fingerprint density at radius 1 is 0.783 bits per heavy atom. The van der Waals surface area contributed by atoms with Crippen molar-refractivity contribution in [2.24, 2.45) is 0 Å². The summed E-state index contributed by atoms with van der Waals surface area (Å²) in [7, 11) is 0. The largest absolute Gasteiger partial charge is 0.255 e. The molecule has 0 spiro atoms. The number of hydrogen-bond acceptors (Lipinski definition) is 2. The van der Waals surface area contributed by atoms with E-state index in [1.54, 1.807) is 0 Å². The van der Waals surface area contributed by atoms with Crippen LogP contribution in [0.15, 0.2) is 54.7 Å². The molecular formula is C21H24N2. The van der Waals surface area contributed by atoms with Crippen LogP contribution in [0, 0.1) is 20.8 Å². The molecule has 0 radical (unpaired) electrons. The maximum absolute atomic E-state index is 4.55. The van der Waals surface area contributed by atoms with Crippen molar-refractivity contribution >= 4 is 0 Å². The third-order valence-corrected chi connectivity index (χ3v) is 3.66. The Labute approximate surface area is 139 Å². The first-order valence-electron chi connectivity index (χ1n) is 8.12. The van der Waals surface area contributed by atoms with Gasteiger partial charge >= 0.3 is 0 Å². The molecular weight excluding hydrogens is 280 g/mol. The maximum Gasteiger partial charge on any atom is 0.0917 e. The zero-order chi connectivity index (χ0) is 16.8. The highest BCUT2D eigenvalue weighted by atomic mass is 14.8. The summed E-state index contributed by atoms with van der Waals surface area (Å²) in [6.07, 6.45) is 1.83. The maximum atomic E-state index is 4.55. The average Bonchev–Trinajstić information content (AvgIpc) is 2.58. The topological polar surface area (TPSA) is 25.8 Å². The number of nitrogens with zero attached hydrogens (tertiary/aromatic N) is 2. The summed E-state index contributed by atoms with van der Waals surface area (Å²) in [5.41, 5.74) is 7.74. The molecule has 0 saturated carbocycles. The summed E-state index contributed by atoms with van der Waals surface area (Å²) in [5, 5.41) is 0. The van der Waals surface area contributed by atoms with Gasteiger partial charge in [0.15, 0.2) is 0 Å². The number of aryl methyl sites for hydroxylation is 3. The lowest BCUT2D eigenvalue weighted by atomic mass is 9.97. The first-order valence-corrected chi connectivity index (χ1v) is 8.12. The molecule has 0 fully saturated rings. The van der Waals surface area contributed by atoms with Gasteiger partial charge in [0.05, 0.1) is 17.1 Å². The highest BCUT2D eigenvalue weighted by molar-refractivity contribution is 5.72. The summed E-state index contributed by atoms with van der Waals surface area (Å²) in [6, 6.07) is 16.9. The Balaban J connectivity index is 0.000000924. The number of hydrogen-bond donors (Lipinski definition) is 0. The first kappa shape index (κ1) is 16.9. The lowest BCUT2D eigenvalue weighted by Gasteiger charge is -2.10. The molecule has 0 amide bonds. The molecule has 2 aromatic carbocycles. The fraction of sp³-hybridized carbons (Fsp3) is 0.238. The minimum Gasteiger partial charge on any atom is -0.255 e. The van der Waals surface area contributed by atoms with Crippen LogP contribution < -0.4 is 0 Å². The van der Waals surface area contributed by atoms with E-state index in [4.69, 9.17) is 0 Å². The quantitative estimate of drug-likeness (QED) is 0.601. The van der Waals surface area contributed by atoms with E-state index in [0.717, 1.165) is 22.6 Å². The number of benzene rings is 2. The lowest BCUT2D eigenvalue weighted by molar-refractivity contribution is 1.06. The Bertz CT molecular complexity index is 777. The van der Waals surface area contributed by atoms with Crippen LogP contribution in [0.1, 0.15) is 30.8 Å². The fourth-order valence-electron chi connectivity index (χ4n) is 2.60. The van der Waals surface area contributed by atoms with Crippen molar-refractivity contribution in [2.75, 3.05) is 0 Å². The minimum absolute atomic E-state index is 0.954. The van der Waals surface area contributed by atoms with Crippen LogP contribution >= 0.6 is 0 Å². The van der Waals surface area contributed by atoms with Gasteiger partial charge in [-0.2, -0.15) is 0 Å². The third kappa shape index (κ3) is 3.84. The van der Waals surface area contributed by atoms with Crippen LogP contribution in [-0.2, 0) is 0 Å². The van der Waals surface area contributed by atoms with Crippen molar-refractivity contribution in [3.63, 3.8) is 0 Å². The predicted octanol–water partition coefficient (Wildman–Crippen LogP) is 5.76. The van der Waals surface area contributed by atoms with Crippen LogP contribution in [-0.4, -0.2) is 9.97 Å². The molecule has 1 aromatic heterocycles. The van der Waals surface area contributed by atoms with Crippen LogP contribution in [0.5, 0.6) is 0 Å². The van der Waals surface area contributed by atoms with E-state index < -0.39 is 0 Å². The highest BCUT2D eigenvalue weighted by Crippen LogP contribution is 2.28. The van der Waals surface area contributed by atoms with Gasteiger partial charge in [-0.25, -0.2) is 0 Å². The second-order valence-corrected chi connectivity index (χ2v) is 5.34. The molecule has 0 aliphatic rings. The van der Waals surface area contributed by atoms with Crippen molar-refractivity contribution in [3.05, 3.63) is 71.7 Å². The van der Waals surface area contributed by atoms with Crippen LogP contribution in [0.4, 0.5) is 0 Å². The molecule has 2 nitrogen and oxygen atoms in total. The van der Waals surface area contributed by atoms with E-state index in [1.165, 1.54) is 16.7 Å². The van der Waals surface area contributed by atoms with Gasteiger partial charge in [0.1, 0.15) is 0 Å². The summed E-state index contributed by atoms with van der Waals surface area (Å²) >= 11 is 0. The normalized spacial score (nSPS) is 9.96. The smallest absolute Gasteiger partial charge is 0.0917 e. The molecule has 0 atom stereocenters. The minimum atomic E-state index is 0.954. The zero-order valence-corrected chi connectivity index (χ0v) is 14.6. The summed E-state index contributed by atoms with van der Waals surface area (Å²) in [4.78, 5) is 9.06. The van der Waals surface area contributed by atoms with E-state index in [0.29, 0.717) is 0 Å². The first-order chi connectivity index (χ1) is 11.1. The van der Waals surface area contributed by atoms with E-state index in [2.05, 4.69) is 59.4 Å².